The monoisotopic (exact) mass is 245 g/mol. The number of carbonyl (C=O) groups is 1. The first kappa shape index (κ1) is 12.2. The van der Waals surface area contributed by atoms with Crippen molar-refractivity contribution in [1.82, 2.24) is 0 Å². The fourth-order valence-electron chi connectivity index (χ4n) is 1.63. The van der Waals surface area contributed by atoms with Crippen LogP contribution in [0.5, 0.6) is 0 Å². The van der Waals surface area contributed by atoms with Crippen LogP contribution in [-0.2, 0) is 6.54 Å². The number of aromatic carboxylic acids is 1. The molecule has 2 rings (SSSR count). The highest BCUT2D eigenvalue weighted by molar-refractivity contribution is 5.87. The second-order valence-electron chi connectivity index (χ2n) is 4.26. The highest BCUT2D eigenvalue weighted by Gasteiger charge is 2.07. The molecule has 0 aliphatic heterocycles. The van der Waals surface area contributed by atoms with Gasteiger partial charge in [0.1, 0.15) is 12.0 Å². The van der Waals surface area contributed by atoms with Crippen molar-refractivity contribution in [2.24, 2.45) is 0 Å². The first-order valence-corrected chi connectivity index (χ1v) is 5.68. The van der Waals surface area contributed by atoms with Crippen molar-refractivity contribution >= 4 is 11.7 Å². The molecule has 2 N–H and O–H groups in total. The van der Waals surface area contributed by atoms with Gasteiger partial charge in [0.15, 0.2) is 0 Å². The minimum atomic E-state index is -0.976. The molecule has 0 bridgehead atoms. The maximum absolute atomic E-state index is 10.7. The van der Waals surface area contributed by atoms with E-state index in [1.54, 1.807) is 0 Å². The van der Waals surface area contributed by atoms with Crippen molar-refractivity contribution in [3.63, 3.8) is 0 Å². The standard InChI is InChI=1S/C14H15NO3/c1-9-3-4-12(5-10(9)2)15-7-13-6-11(8-18-13)14(16)17/h3-6,8,15H,7H2,1-2H3,(H,16,17). The van der Waals surface area contributed by atoms with E-state index in [9.17, 15) is 4.79 Å². The summed E-state index contributed by atoms with van der Waals surface area (Å²) in [6.07, 6.45) is 1.25. The number of hydrogen-bond donors (Lipinski definition) is 2. The fraction of sp³-hybridized carbons (Fsp3) is 0.214. The molecule has 0 fully saturated rings. The Kier molecular flexibility index (Phi) is 3.37. The maximum atomic E-state index is 10.7. The van der Waals surface area contributed by atoms with Gasteiger partial charge in [-0.1, -0.05) is 6.07 Å². The normalized spacial score (nSPS) is 10.3. The fourth-order valence-corrected chi connectivity index (χ4v) is 1.63. The van der Waals surface area contributed by atoms with Crippen LogP contribution in [0.3, 0.4) is 0 Å². The van der Waals surface area contributed by atoms with Crippen LogP contribution in [0.1, 0.15) is 27.2 Å². The molecule has 0 unspecified atom stereocenters. The van der Waals surface area contributed by atoms with Gasteiger partial charge in [-0.3, -0.25) is 0 Å². The van der Waals surface area contributed by atoms with Crippen LogP contribution < -0.4 is 5.32 Å². The number of carboxylic acid groups (broad SMARTS) is 1. The van der Waals surface area contributed by atoms with Gasteiger partial charge in [-0.2, -0.15) is 0 Å². The van der Waals surface area contributed by atoms with E-state index in [-0.39, 0.29) is 5.56 Å². The maximum Gasteiger partial charge on any atom is 0.338 e. The summed E-state index contributed by atoms with van der Waals surface area (Å²) in [5.74, 6) is -0.373. The number of anilines is 1. The topological polar surface area (TPSA) is 62.5 Å². The van der Waals surface area contributed by atoms with Gasteiger partial charge in [0.05, 0.1) is 12.1 Å². The van der Waals surface area contributed by atoms with Crippen molar-refractivity contribution in [1.29, 1.82) is 0 Å². The summed E-state index contributed by atoms with van der Waals surface area (Å²) in [5.41, 5.74) is 3.62. The summed E-state index contributed by atoms with van der Waals surface area (Å²) in [7, 11) is 0. The van der Waals surface area contributed by atoms with E-state index in [4.69, 9.17) is 9.52 Å². The van der Waals surface area contributed by atoms with Gasteiger partial charge >= 0.3 is 5.97 Å². The zero-order valence-corrected chi connectivity index (χ0v) is 10.4. The number of carboxylic acids is 1. The summed E-state index contributed by atoms with van der Waals surface area (Å²) in [5, 5.41) is 12.0. The SMILES string of the molecule is Cc1ccc(NCc2cc(C(=O)O)co2)cc1C. The van der Waals surface area contributed by atoms with Crippen LogP contribution in [0.25, 0.3) is 0 Å². The largest absolute Gasteiger partial charge is 0.478 e. The number of benzene rings is 1. The van der Waals surface area contributed by atoms with Crippen LogP contribution in [0.2, 0.25) is 0 Å². The van der Waals surface area contributed by atoms with Crippen LogP contribution in [-0.4, -0.2) is 11.1 Å². The van der Waals surface area contributed by atoms with E-state index >= 15 is 0 Å². The van der Waals surface area contributed by atoms with E-state index in [2.05, 4.69) is 25.2 Å². The van der Waals surface area contributed by atoms with Crippen molar-refractivity contribution in [3.8, 4) is 0 Å². The molecule has 0 amide bonds. The lowest BCUT2D eigenvalue weighted by Gasteiger charge is -2.07. The Morgan fingerprint density at radius 2 is 2.06 bits per heavy atom. The highest BCUT2D eigenvalue weighted by atomic mass is 16.4. The molecule has 0 saturated heterocycles. The molecular weight excluding hydrogens is 230 g/mol. The Balaban J connectivity index is 2.02. The molecule has 0 saturated carbocycles. The molecule has 1 heterocycles. The van der Waals surface area contributed by atoms with Gasteiger partial charge in [-0.15, -0.1) is 0 Å². The third-order valence-corrected chi connectivity index (χ3v) is 2.87. The average molecular weight is 245 g/mol. The van der Waals surface area contributed by atoms with Crippen molar-refractivity contribution in [2.45, 2.75) is 20.4 Å². The molecule has 0 radical (unpaired) electrons. The van der Waals surface area contributed by atoms with E-state index in [0.717, 1.165) is 5.69 Å². The lowest BCUT2D eigenvalue weighted by molar-refractivity contribution is 0.0696. The number of aryl methyl sites for hydroxylation is 2. The van der Waals surface area contributed by atoms with E-state index < -0.39 is 5.97 Å². The molecule has 0 aliphatic carbocycles. The summed E-state index contributed by atoms with van der Waals surface area (Å²) >= 11 is 0. The van der Waals surface area contributed by atoms with E-state index in [1.165, 1.54) is 23.5 Å². The summed E-state index contributed by atoms with van der Waals surface area (Å²) in [4.78, 5) is 10.7. The third kappa shape index (κ3) is 2.71. The molecule has 0 atom stereocenters. The first-order valence-electron chi connectivity index (χ1n) is 5.68. The van der Waals surface area contributed by atoms with Gasteiger partial charge in [0.25, 0.3) is 0 Å². The third-order valence-electron chi connectivity index (χ3n) is 2.87. The molecule has 4 nitrogen and oxygen atoms in total. The summed E-state index contributed by atoms with van der Waals surface area (Å²) in [6.45, 7) is 4.58. The minimum absolute atomic E-state index is 0.173. The minimum Gasteiger partial charge on any atom is -0.478 e. The van der Waals surface area contributed by atoms with Gasteiger partial charge in [-0.25, -0.2) is 4.79 Å². The smallest absolute Gasteiger partial charge is 0.338 e. The van der Waals surface area contributed by atoms with Gasteiger partial charge in [-0.05, 0) is 43.2 Å². The molecule has 1 aromatic heterocycles. The first-order chi connectivity index (χ1) is 8.56. The second-order valence-corrected chi connectivity index (χ2v) is 4.26. The molecule has 2 aromatic rings. The van der Waals surface area contributed by atoms with Crippen LogP contribution in [0.4, 0.5) is 5.69 Å². The number of hydrogen-bond acceptors (Lipinski definition) is 3. The summed E-state index contributed by atoms with van der Waals surface area (Å²) in [6, 6.07) is 7.61. The zero-order valence-electron chi connectivity index (χ0n) is 10.4. The molecule has 4 heteroatoms. The molecule has 0 aliphatic rings. The molecule has 18 heavy (non-hydrogen) atoms. The quantitative estimate of drug-likeness (QED) is 0.868. The van der Waals surface area contributed by atoms with E-state index in [1.807, 2.05) is 12.1 Å². The van der Waals surface area contributed by atoms with Gasteiger partial charge < -0.3 is 14.8 Å². The zero-order chi connectivity index (χ0) is 13.1. The Hall–Kier alpha value is -2.23. The van der Waals surface area contributed by atoms with Crippen molar-refractivity contribution in [3.05, 3.63) is 53.0 Å². The van der Waals surface area contributed by atoms with Crippen LogP contribution >= 0.6 is 0 Å². The second kappa shape index (κ2) is 4.96. The number of rotatable bonds is 4. The Labute approximate surface area is 105 Å². The Morgan fingerprint density at radius 3 is 2.67 bits per heavy atom. The van der Waals surface area contributed by atoms with E-state index in [0.29, 0.717) is 12.3 Å². The summed E-state index contributed by atoms with van der Waals surface area (Å²) < 4.78 is 5.16. The highest BCUT2D eigenvalue weighted by Crippen LogP contribution is 2.16. The molecule has 1 aromatic carbocycles. The lowest BCUT2D eigenvalue weighted by Crippen LogP contribution is -1.99. The van der Waals surface area contributed by atoms with Crippen molar-refractivity contribution < 1.29 is 14.3 Å². The van der Waals surface area contributed by atoms with Gasteiger partial charge in [0.2, 0.25) is 0 Å². The predicted molar refractivity (Wildman–Crippen MR) is 68.9 cm³/mol. The Bertz CT molecular complexity index is 572. The van der Waals surface area contributed by atoms with Crippen molar-refractivity contribution in [2.75, 3.05) is 5.32 Å². The predicted octanol–water partition coefficient (Wildman–Crippen LogP) is 3.21. The molecular formula is C14H15NO3. The lowest BCUT2D eigenvalue weighted by atomic mass is 10.1. The average Bonchev–Trinajstić information content (AvgIpc) is 2.79. The molecule has 94 valence electrons. The van der Waals surface area contributed by atoms with Crippen LogP contribution in [0, 0.1) is 13.8 Å². The Morgan fingerprint density at radius 1 is 1.28 bits per heavy atom. The molecule has 0 spiro atoms. The van der Waals surface area contributed by atoms with Gasteiger partial charge in [0, 0.05) is 5.69 Å². The number of furan rings is 1. The number of nitrogens with one attached hydrogen (secondary N) is 1. The van der Waals surface area contributed by atoms with Crippen LogP contribution in [0.15, 0.2) is 34.9 Å².